The van der Waals surface area contributed by atoms with Crippen LogP contribution < -0.4 is 11.5 Å². The highest BCUT2D eigenvalue weighted by molar-refractivity contribution is 4.65. The van der Waals surface area contributed by atoms with Crippen LogP contribution in [-0.4, -0.2) is 24.8 Å². The molecular formula is C10H24N2O. The predicted octanol–water partition coefficient (Wildman–Crippen LogP) is 1.11. The molecular weight excluding hydrogens is 164 g/mol. The molecule has 0 spiro atoms. The number of rotatable bonds is 6. The zero-order chi connectivity index (χ0) is 10.4. The molecule has 0 radical (unpaired) electrons. The summed E-state index contributed by atoms with van der Waals surface area (Å²) in [6.07, 6.45) is 1.15. The standard InChI is InChI=1S/C10H24N2O/c1-7(10(4)12)6-13-9(3)5-8(2)11/h7-10H,5-6,11-12H2,1-4H3. The van der Waals surface area contributed by atoms with E-state index in [1.807, 2.05) is 13.8 Å². The Balaban J connectivity index is 3.51. The van der Waals surface area contributed by atoms with Gasteiger partial charge in [-0.2, -0.15) is 0 Å². The summed E-state index contributed by atoms with van der Waals surface area (Å²) in [5.41, 5.74) is 11.4. The van der Waals surface area contributed by atoms with Crippen molar-refractivity contribution in [1.82, 2.24) is 0 Å². The van der Waals surface area contributed by atoms with Gasteiger partial charge >= 0.3 is 0 Å². The Morgan fingerprint density at radius 1 is 1.08 bits per heavy atom. The van der Waals surface area contributed by atoms with Gasteiger partial charge in [-0.25, -0.2) is 0 Å². The fourth-order valence-electron chi connectivity index (χ4n) is 1.06. The van der Waals surface area contributed by atoms with Crippen molar-refractivity contribution in [2.75, 3.05) is 6.61 Å². The van der Waals surface area contributed by atoms with Crippen LogP contribution in [-0.2, 0) is 4.74 Å². The van der Waals surface area contributed by atoms with Gasteiger partial charge in [0.2, 0.25) is 0 Å². The molecule has 3 nitrogen and oxygen atoms in total. The third-order valence-electron chi connectivity index (χ3n) is 2.24. The summed E-state index contributed by atoms with van der Waals surface area (Å²) in [4.78, 5) is 0. The Kier molecular flexibility index (Phi) is 6.29. The van der Waals surface area contributed by atoms with Gasteiger partial charge in [-0.3, -0.25) is 0 Å². The van der Waals surface area contributed by atoms with E-state index >= 15 is 0 Å². The van der Waals surface area contributed by atoms with Crippen LogP contribution in [0.3, 0.4) is 0 Å². The molecule has 0 fully saturated rings. The SMILES string of the molecule is CC(N)CC(C)OCC(C)C(C)N. The van der Waals surface area contributed by atoms with Crippen LogP contribution in [0.25, 0.3) is 0 Å². The lowest BCUT2D eigenvalue weighted by Gasteiger charge is -2.20. The van der Waals surface area contributed by atoms with Crippen molar-refractivity contribution in [3.63, 3.8) is 0 Å². The average Bonchev–Trinajstić information content (AvgIpc) is 1.98. The highest BCUT2D eigenvalue weighted by Gasteiger charge is 2.11. The van der Waals surface area contributed by atoms with Gasteiger partial charge in [0.1, 0.15) is 0 Å². The van der Waals surface area contributed by atoms with Crippen LogP contribution in [0.5, 0.6) is 0 Å². The molecule has 3 heteroatoms. The average molecular weight is 188 g/mol. The Hall–Kier alpha value is -0.120. The minimum atomic E-state index is 0.197. The van der Waals surface area contributed by atoms with E-state index in [1.54, 1.807) is 0 Å². The Bertz CT molecular complexity index is 126. The predicted molar refractivity (Wildman–Crippen MR) is 56.5 cm³/mol. The number of hydrogen-bond donors (Lipinski definition) is 2. The van der Waals surface area contributed by atoms with Crippen LogP contribution in [0.1, 0.15) is 34.1 Å². The zero-order valence-corrected chi connectivity index (χ0v) is 9.29. The van der Waals surface area contributed by atoms with Crippen LogP contribution in [0, 0.1) is 5.92 Å². The van der Waals surface area contributed by atoms with Crippen LogP contribution in [0.2, 0.25) is 0 Å². The second-order valence-electron chi connectivity index (χ2n) is 4.19. The smallest absolute Gasteiger partial charge is 0.0561 e. The summed E-state index contributed by atoms with van der Waals surface area (Å²) in [6.45, 7) is 8.88. The first-order valence-corrected chi connectivity index (χ1v) is 5.06. The minimum absolute atomic E-state index is 0.197. The van der Waals surface area contributed by atoms with Gasteiger partial charge in [0, 0.05) is 12.1 Å². The minimum Gasteiger partial charge on any atom is -0.378 e. The first-order valence-electron chi connectivity index (χ1n) is 5.06. The molecule has 0 aromatic rings. The van der Waals surface area contributed by atoms with Crippen molar-refractivity contribution in [1.29, 1.82) is 0 Å². The van der Waals surface area contributed by atoms with Crippen molar-refractivity contribution in [2.45, 2.75) is 52.3 Å². The Labute approximate surface area is 81.8 Å². The summed E-state index contributed by atoms with van der Waals surface area (Å²) in [6, 6.07) is 0.406. The van der Waals surface area contributed by atoms with Gasteiger partial charge < -0.3 is 16.2 Å². The van der Waals surface area contributed by atoms with Gasteiger partial charge in [0.15, 0.2) is 0 Å². The monoisotopic (exact) mass is 188 g/mol. The van der Waals surface area contributed by atoms with E-state index in [0.717, 1.165) is 13.0 Å². The van der Waals surface area contributed by atoms with Crippen molar-refractivity contribution in [2.24, 2.45) is 17.4 Å². The van der Waals surface area contributed by atoms with E-state index in [1.165, 1.54) is 0 Å². The third-order valence-corrected chi connectivity index (χ3v) is 2.24. The topological polar surface area (TPSA) is 61.3 Å². The second kappa shape index (κ2) is 6.35. The second-order valence-corrected chi connectivity index (χ2v) is 4.19. The maximum atomic E-state index is 5.72. The van der Waals surface area contributed by atoms with E-state index in [-0.39, 0.29) is 18.2 Å². The molecule has 0 saturated heterocycles. The lowest BCUT2D eigenvalue weighted by molar-refractivity contribution is 0.0320. The summed E-state index contributed by atoms with van der Waals surface area (Å²) in [5.74, 6) is 0.413. The number of ether oxygens (including phenoxy) is 1. The Morgan fingerprint density at radius 2 is 1.62 bits per heavy atom. The zero-order valence-electron chi connectivity index (χ0n) is 9.29. The van der Waals surface area contributed by atoms with E-state index < -0.39 is 0 Å². The number of nitrogens with two attached hydrogens (primary N) is 2. The van der Waals surface area contributed by atoms with Crippen molar-refractivity contribution in [3.8, 4) is 0 Å². The molecule has 0 aromatic heterocycles. The molecule has 4 atom stereocenters. The molecule has 0 bridgehead atoms. The summed E-state index contributed by atoms with van der Waals surface area (Å²) in [7, 11) is 0. The van der Waals surface area contributed by atoms with E-state index in [0.29, 0.717) is 5.92 Å². The third kappa shape index (κ3) is 6.99. The van der Waals surface area contributed by atoms with Crippen molar-refractivity contribution >= 4 is 0 Å². The molecule has 0 aliphatic heterocycles. The molecule has 0 saturated carbocycles. The molecule has 0 aromatic carbocycles. The van der Waals surface area contributed by atoms with Gasteiger partial charge in [-0.1, -0.05) is 6.92 Å². The molecule has 13 heavy (non-hydrogen) atoms. The molecule has 0 aliphatic carbocycles. The molecule has 0 rings (SSSR count). The molecule has 4 unspecified atom stereocenters. The molecule has 0 aliphatic rings. The van der Waals surface area contributed by atoms with Crippen LogP contribution in [0.4, 0.5) is 0 Å². The molecule has 4 N–H and O–H groups in total. The van der Waals surface area contributed by atoms with Gasteiger partial charge in [0.05, 0.1) is 12.7 Å². The van der Waals surface area contributed by atoms with Gasteiger partial charge in [0.25, 0.3) is 0 Å². The number of hydrogen-bond acceptors (Lipinski definition) is 3. The van der Waals surface area contributed by atoms with Gasteiger partial charge in [-0.15, -0.1) is 0 Å². The van der Waals surface area contributed by atoms with Gasteiger partial charge in [-0.05, 0) is 33.1 Å². The maximum Gasteiger partial charge on any atom is 0.0561 e. The van der Waals surface area contributed by atoms with Crippen molar-refractivity contribution in [3.05, 3.63) is 0 Å². The summed E-state index contributed by atoms with van der Waals surface area (Å²) >= 11 is 0. The molecule has 0 amide bonds. The van der Waals surface area contributed by atoms with Crippen LogP contribution in [0.15, 0.2) is 0 Å². The molecule has 0 heterocycles. The normalized spacial score (nSPS) is 20.8. The highest BCUT2D eigenvalue weighted by Crippen LogP contribution is 2.06. The van der Waals surface area contributed by atoms with E-state index in [2.05, 4.69) is 13.8 Å². The molecule has 80 valence electrons. The fraction of sp³-hybridized carbons (Fsp3) is 1.00. The first-order chi connectivity index (χ1) is 5.93. The fourth-order valence-corrected chi connectivity index (χ4v) is 1.06. The quantitative estimate of drug-likeness (QED) is 0.656. The maximum absolute atomic E-state index is 5.72. The highest BCUT2D eigenvalue weighted by atomic mass is 16.5. The largest absolute Gasteiger partial charge is 0.378 e. The Morgan fingerprint density at radius 3 is 2.00 bits per heavy atom. The first kappa shape index (κ1) is 12.9. The van der Waals surface area contributed by atoms with E-state index in [4.69, 9.17) is 16.2 Å². The summed E-state index contributed by atoms with van der Waals surface area (Å²) in [5, 5.41) is 0. The van der Waals surface area contributed by atoms with Crippen LogP contribution >= 0.6 is 0 Å². The van der Waals surface area contributed by atoms with Crippen molar-refractivity contribution < 1.29 is 4.74 Å². The lowest BCUT2D eigenvalue weighted by Crippen LogP contribution is -2.30. The lowest BCUT2D eigenvalue weighted by atomic mass is 10.1. The summed E-state index contributed by atoms with van der Waals surface area (Å²) < 4.78 is 5.62. The van der Waals surface area contributed by atoms with E-state index in [9.17, 15) is 0 Å².